The van der Waals surface area contributed by atoms with Gasteiger partial charge in [-0.05, 0) is 79.7 Å². The van der Waals surface area contributed by atoms with E-state index in [1.165, 1.54) is 62.5 Å². The third-order valence-corrected chi connectivity index (χ3v) is 6.61. The van der Waals surface area contributed by atoms with Gasteiger partial charge >= 0.3 is 0 Å². The lowest BCUT2D eigenvalue weighted by molar-refractivity contribution is 0.153. The van der Waals surface area contributed by atoms with Crippen LogP contribution in [0.3, 0.4) is 0 Å². The maximum Gasteiger partial charge on any atom is 0.0897 e. The summed E-state index contributed by atoms with van der Waals surface area (Å²) < 4.78 is 17.7. The van der Waals surface area contributed by atoms with Gasteiger partial charge in [0.15, 0.2) is 0 Å². The minimum absolute atomic E-state index is 0.121. The van der Waals surface area contributed by atoms with Gasteiger partial charge in [0.2, 0.25) is 0 Å². The van der Waals surface area contributed by atoms with Gasteiger partial charge in [-0.1, -0.05) is 37.1 Å². The maximum absolute atomic E-state index is 12.5. The fourth-order valence-corrected chi connectivity index (χ4v) is 5.08. The predicted molar refractivity (Wildman–Crippen MR) is 97.9 cm³/mol. The molecule has 0 aromatic heterocycles. The van der Waals surface area contributed by atoms with Crippen LogP contribution < -0.4 is 0 Å². The standard InChI is InChI=1S/C22H33FO/c1-24-16-18-4-8-20(9-5-18)22-12-10-21(11-13-22)19-6-2-17(3-7-19)14-15-23/h4-5,8-9,17,19,21-22H,2-3,6-7,10-16H2,1H3. The van der Waals surface area contributed by atoms with E-state index in [9.17, 15) is 4.39 Å². The molecule has 1 aromatic carbocycles. The molecular formula is C22H33FO. The van der Waals surface area contributed by atoms with Crippen LogP contribution in [0.4, 0.5) is 4.39 Å². The highest BCUT2D eigenvalue weighted by atomic mass is 19.1. The molecule has 0 amide bonds. The first-order valence-electron chi connectivity index (χ1n) is 9.94. The third kappa shape index (κ3) is 4.59. The summed E-state index contributed by atoms with van der Waals surface area (Å²) in [5, 5.41) is 0. The molecule has 0 bridgehead atoms. The van der Waals surface area contributed by atoms with Gasteiger partial charge in [-0.25, -0.2) is 0 Å². The van der Waals surface area contributed by atoms with E-state index in [0.29, 0.717) is 12.5 Å². The van der Waals surface area contributed by atoms with Gasteiger partial charge in [0, 0.05) is 7.11 Å². The van der Waals surface area contributed by atoms with Gasteiger partial charge in [-0.3, -0.25) is 4.39 Å². The van der Waals surface area contributed by atoms with Crippen LogP contribution in [0.1, 0.15) is 74.8 Å². The summed E-state index contributed by atoms with van der Waals surface area (Å²) >= 11 is 0. The van der Waals surface area contributed by atoms with Crippen LogP contribution >= 0.6 is 0 Å². The first kappa shape index (κ1) is 17.9. The molecule has 2 heteroatoms. The average Bonchev–Trinajstić information content (AvgIpc) is 2.64. The van der Waals surface area contributed by atoms with Crippen LogP contribution in [0.15, 0.2) is 24.3 Å². The van der Waals surface area contributed by atoms with Gasteiger partial charge < -0.3 is 4.74 Å². The Balaban J connectivity index is 1.45. The van der Waals surface area contributed by atoms with Crippen LogP contribution in [-0.2, 0) is 11.3 Å². The van der Waals surface area contributed by atoms with E-state index in [0.717, 1.165) is 24.2 Å². The van der Waals surface area contributed by atoms with Crippen molar-refractivity contribution in [2.75, 3.05) is 13.8 Å². The van der Waals surface area contributed by atoms with Crippen LogP contribution in [0.25, 0.3) is 0 Å². The molecule has 0 aliphatic heterocycles. The zero-order chi connectivity index (χ0) is 16.8. The number of methoxy groups -OCH3 is 1. The van der Waals surface area contributed by atoms with E-state index in [2.05, 4.69) is 24.3 Å². The van der Waals surface area contributed by atoms with Gasteiger partial charge in [-0.15, -0.1) is 0 Å². The third-order valence-electron chi connectivity index (χ3n) is 6.61. The van der Waals surface area contributed by atoms with Crippen LogP contribution in [0, 0.1) is 17.8 Å². The van der Waals surface area contributed by atoms with Crippen molar-refractivity contribution in [3.05, 3.63) is 35.4 Å². The molecular weight excluding hydrogens is 299 g/mol. The van der Waals surface area contributed by atoms with Crippen molar-refractivity contribution in [1.82, 2.24) is 0 Å². The Hall–Kier alpha value is -0.890. The molecule has 1 nitrogen and oxygen atoms in total. The monoisotopic (exact) mass is 332 g/mol. The Kier molecular flexibility index (Phi) is 6.71. The predicted octanol–water partition coefficient (Wildman–Crippen LogP) is 6.27. The summed E-state index contributed by atoms with van der Waals surface area (Å²) in [6.45, 7) is 0.585. The van der Waals surface area contributed by atoms with Crippen LogP contribution in [0.5, 0.6) is 0 Å². The highest BCUT2D eigenvalue weighted by Crippen LogP contribution is 2.44. The van der Waals surface area contributed by atoms with Gasteiger partial charge in [0.1, 0.15) is 0 Å². The quantitative estimate of drug-likeness (QED) is 0.596. The van der Waals surface area contributed by atoms with E-state index in [-0.39, 0.29) is 6.67 Å². The average molecular weight is 333 g/mol. The second-order valence-corrected chi connectivity index (χ2v) is 8.04. The molecule has 2 fully saturated rings. The minimum atomic E-state index is -0.121. The molecule has 0 N–H and O–H groups in total. The van der Waals surface area contributed by atoms with Crippen molar-refractivity contribution in [1.29, 1.82) is 0 Å². The molecule has 0 unspecified atom stereocenters. The summed E-state index contributed by atoms with van der Waals surface area (Å²) in [6, 6.07) is 9.05. The molecule has 0 atom stereocenters. The largest absolute Gasteiger partial charge is 0.380 e. The van der Waals surface area contributed by atoms with E-state index >= 15 is 0 Å². The lowest BCUT2D eigenvalue weighted by Crippen LogP contribution is -2.25. The van der Waals surface area contributed by atoms with Crippen molar-refractivity contribution in [3.63, 3.8) is 0 Å². The van der Waals surface area contributed by atoms with Crippen molar-refractivity contribution < 1.29 is 9.13 Å². The molecule has 0 saturated heterocycles. The van der Waals surface area contributed by atoms with Crippen molar-refractivity contribution in [2.45, 2.75) is 70.3 Å². The first-order chi connectivity index (χ1) is 11.8. The summed E-state index contributed by atoms with van der Waals surface area (Å²) in [5.74, 6) is 3.28. The van der Waals surface area contributed by atoms with Crippen LogP contribution in [-0.4, -0.2) is 13.8 Å². The molecule has 3 rings (SSSR count). The molecule has 0 heterocycles. The Morgan fingerprint density at radius 2 is 1.46 bits per heavy atom. The number of benzene rings is 1. The lowest BCUT2D eigenvalue weighted by Gasteiger charge is -2.38. The Morgan fingerprint density at radius 3 is 2.00 bits per heavy atom. The fourth-order valence-electron chi connectivity index (χ4n) is 5.08. The summed E-state index contributed by atoms with van der Waals surface area (Å²) in [6.07, 6.45) is 11.5. The number of hydrogen-bond donors (Lipinski definition) is 0. The SMILES string of the molecule is COCc1ccc(C2CCC(C3CCC(CCF)CC3)CC2)cc1. The van der Waals surface area contributed by atoms with E-state index < -0.39 is 0 Å². The fraction of sp³-hybridized carbons (Fsp3) is 0.727. The zero-order valence-corrected chi connectivity index (χ0v) is 15.2. The van der Waals surface area contributed by atoms with E-state index in [4.69, 9.17) is 4.74 Å². The van der Waals surface area contributed by atoms with Crippen molar-refractivity contribution in [2.24, 2.45) is 17.8 Å². The summed E-state index contributed by atoms with van der Waals surface area (Å²) in [4.78, 5) is 0. The normalized spacial score (nSPS) is 31.1. The maximum atomic E-state index is 12.5. The molecule has 0 radical (unpaired) electrons. The molecule has 2 aliphatic carbocycles. The Morgan fingerprint density at radius 1 is 0.875 bits per heavy atom. The summed E-state index contributed by atoms with van der Waals surface area (Å²) in [5.41, 5.74) is 2.78. The topological polar surface area (TPSA) is 9.23 Å². The smallest absolute Gasteiger partial charge is 0.0897 e. The molecule has 134 valence electrons. The second-order valence-electron chi connectivity index (χ2n) is 8.04. The second kappa shape index (κ2) is 8.99. The minimum Gasteiger partial charge on any atom is -0.380 e. The first-order valence-corrected chi connectivity index (χ1v) is 9.94. The number of ether oxygens (including phenoxy) is 1. The highest BCUT2D eigenvalue weighted by molar-refractivity contribution is 5.25. The highest BCUT2D eigenvalue weighted by Gasteiger charge is 2.31. The van der Waals surface area contributed by atoms with Crippen molar-refractivity contribution in [3.8, 4) is 0 Å². The lowest BCUT2D eigenvalue weighted by atomic mass is 9.68. The molecule has 0 spiro atoms. The summed E-state index contributed by atoms with van der Waals surface area (Å²) in [7, 11) is 1.75. The Bertz CT molecular complexity index is 467. The molecule has 1 aromatic rings. The zero-order valence-electron chi connectivity index (χ0n) is 15.2. The molecule has 2 aliphatic rings. The molecule has 24 heavy (non-hydrogen) atoms. The van der Waals surface area contributed by atoms with Gasteiger partial charge in [-0.2, -0.15) is 0 Å². The number of alkyl halides is 1. The van der Waals surface area contributed by atoms with E-state index in [1.54, 1.807) is 7.11 Å². The van der Waals surface area contributed by atoms with Gasteiger partial charge in [0.25, 0.3) is 0 Å². The van der Waals surface area contributed by atoms with Crippen molar-refractivity contribution >= 4 is 0 Å². The number of rotatable bonds is 6. The Labute approximate surface area is 147 Å². The van der Waals surface area contributed by atoms with Crippen LogP contribution in [0.2, 0.25) is 0 Å². The number of halogens is 1. The van der Waals surface area contributed by atoms with Gasteiger partial charge in [0.05, 0.1) is 13.3 Å². The van der Waals surface area contributed by atoms with E-state index in [1.807, 2.05) is 0 Å². The number of hydrogen-bond acceptors (Lipinski definition) is 1. The molecule has 2 saturated carbocycles.